The zero-order valence-corrected chi connectivity index (χ0v) is 10.2. The molecule has 0 saturated heterocycles. The Balaban J connectivity index is 2.35. The standard InChI is InChI=1S/C14H23N/c1-4-15-12-14(2,3)11-10-13-8-6-5-7-9-13/h5-9,15H,4,10-12H2,1-3H3. The van der Waals surface area contributed by atoms with Gasteiger partial charge >= 0.3 is 0 Å². The molecular weight excluding hydrogens is 182 g/mol. The Morgan fingerprint density at radius 1 is 1.13 bits per heavy atom. The second kappa shape index (κ2) is 5.92. The molecule has 0 radical (unpaired) electrons. The maximum atomic E-state index is 3.42. The molecule has 84 valence electrons. The van der Waals surface area contributed by atoms with Crippen molar-refractivity contribution in [1.29, 1.82) is 0 Å². The van der Waals surface area contributed by atoms with Crippen molar-refractivity contribution in [3.05, 3.63) is 35.9 Å². The van der Waals surface area contributed by atoms with Crippen LogP contribution in [0.25, 0.3) is 0 Å². The third-order valence-electron chi connectivity index (χ3n) is 2.79. The average molecular weight is 205 g/mol. The Bertz CT molecular complexity index is 264. The molecule has 0 aliphatic carbocycles. The van der Waals surface area contributed by atoms with E-state index in [1.807, 2.05) is 0 Å². The predicted octanol–water partition coefficient (Wildman–Crippen LogP) is 3.25. The smallest absolute Gasteiger partial charge is 0.000251 e. The molecule has 1 aromatic carbocycles. The molecule has 0 fully saturated rings. The van der Waals surface area contributed by atoms with Crippen LogP contribution in [0, 0.1) is 5.41 Å². The molecule has 1 rings (SSSR count). The summed E-state index contributed by atoms with van der Waals surface area (Å²) < 4.78 is 0. The highest BCUT2D eigenvalue weighted by atomic mass is 14.9. The molecule has 0 unspecified atom stereocenters. The van der Waals surface area contributed by atoms with E-state index in [-0.39, 0.29) is 0 Å². The van der Waals surface area contributed by atoms with Crippen LogP contribution in [-0.4, -0.2) is 13.1 Å². The highest BCUT2D eigenvalue weighted by Gasteiger charge is 2.16. The van der Waals surface area contributed by atoms with Crippen molar-refractivity contribution in [2.24, 2.45) is 5.41 Å². The topological polar surface area (TPSA) is 12.0 Å². The van der Waals surface area contributed by atoms with E-state index in [0.717, 1.165) is 13.1 Å². The van der Waals surface area contributed by atoms with Crippen LogP contribution in [0.5, 0.6) is 0 Å². The van der Waals surface area contributed by atoms with E-state index in [0.29, 0.717) is 5.41 Å². The molecule has 1 N–H and O–H groups in total. The molecular formula is C14H23N. The van der Waals surface area contributed by atoms with E-state index in [9.17, 15) is 0 Å². The van der Waals surface area contributed by atoms with Crippen LogP contribution in [0.15, 0.2) is 30.3 Å². The summed E-state index contributed by atoms with van der Waals surface area (Å²) in [6.45, 7) is 9.00. The minimum atomic E-state index is 0.395. The Morgan fingerprint density at radius 3 is 2.40 bits per heavy atom. The summed E-state index contributed by atoms with van der Waals surface area (Å²) in [5.41, 5.74) is 1.84. The largest absolute Gasteiger partial charge is 0.316 e. The summed E-state index contributed by atoms with van der Waals surface area (Å²) in [7, 11) is 0. The van der Waals surface area contributed by atoms with Crippen LogP contribution in [0.1, 0.15) is 32.8 Å². The van der Waals surface area contributed by atoms with Crippen molar-refractivity contribution < 1.29 is 0 Å². The van der Waals surface area contributed by atoms with E-state index >= 15 is 0 Å². The number of hydrogen-bond donors (Lipinski definition) is 1. The van der Waals surface area contributed by atoms with Gasteiger partial charge in [0.1, 0.15) is 0 Å². The SMILES string of the molecule is CCNCC(C)(C)CCc1ccccc1. The van der Waals surface area contributed by atoms with Gasteiger partial charge in [0.2, 0.25) is 0 Å². The fraction of sp³-hybridized carbons (Fsp3) is 0.571. The Labute approximate surface area is 93.9 Å². The molecule has 1 heteroatoms. The van der Waals surface area contributed by atoms with Crippen molar-refractivity contribution >= 4 is 0 Å². The Morgan fingerprint density at radius 2 is 1.80 bits per heavy atom. The van der Waals surface area contributed by atoms with Gasteiger partial charge in [0.25, 0.3) is 0 Å². The molecule has 0 spiro atoms. The molecule has 0 amide bonds. The fourth-order valence-electron chi connectivity index (χ4n) is 1.68. The van der Waals surface area contributed by atoms with Gasteiger partial charge in [-0.25, -0.2) is 0 Å². The van der Waals surface area contributed by atoms with E-state index < -0.39 is 0 Å². The summed E-state index contributed by atoms with van der Waals surface area (Å²) in [5.74, 6) is 0. The fourth-order valence-corrected chi connectivity index (χ4v) is 1.68. The van der Waals surface area contributed by atoms with Gasteiger partial charge in [0, 0.05) is 6.54 Å². The summed E-state index contributed by atoms with van der Waals surface area (Å²) in [4.78, 5) is 0. The van der Waals surface area contributed by atoms with Gasteiger partial charge in [-0.3, -0.25) is 0 Å². The van der Waals surface area contributed by atoms with Crippen LogP contribution in [-0.2, 0) is 6.42 Å². The maximum absolute atomic E-state index is 3.42. The molecule has 0 aliphatic rings. The number of hydrogen-bond acceptors (Lipinski definition) is 1. The Kier molecular flexibility index (Phi) is 4.83. The van der Waals surface area contributed by atoms with E-state index in [1.54, 1.807) is 0 Å². The summed E-state index contributed by atoms with van der Waals surface area (Å²) >= 11 is 0. The van der Waals surface area contributed by atoms with Crippen LogP contribution >= 0.6 is 0 Å². The summed E-state index contributed by atoms with van der Waals surface area (Å²) in [6.07, 6.45) is 2.42. The minimum absolute atomic E-state index is 0.395. The lowest BCUT2D eigenvalue weighted by Gasteiger charge is -2.24. The zero-order valence-electron chi connectivity index (χ0n) is 10.2. The van der Waals surface area contributed by atoms with Crippen molar-refractivity contribution in [3.63, 3.8) is 0 Å². The average Bonchev–Trinajstić information content (AvgIpc) is 2.25. The second-order valence-corrected chi connectivity index (χ2v) is 4.93. The van der Waals surface area contributed by atoms with Gasteiger partial charge in [-0.05, 0) is 30.4 Å². The minimum Gasteiger partial charge on any atom is -0.316 e. The predicted molar refractivity (Wildman–Crippen MR) is 67.1 cm³/mol. The molecule has 1 aromatic rings. The number of rotatable bonds is 6. The number of benzene rings is 1. The second-order valence-electron chi connectivity index (χ2n) is 4.93. The first-order valence-electron chi connectivity index (χ1n) is 5.89. The van der Waals surface area contributed by atoms with E-state index in [4.69, 9.17) is 0 Å². The van der Waals surface area contributed by atoms with Gasteiger partial charge in [-0.2, -0.15) is 0 Å². The molecule has 0 atom stereocenters. The monoisotopic (exact) mass is 205 g/mol. The van der Waals surface area contributed by atoms with Crippen LogP contribution in [0.4, 0.5) is 0 Å². The van der Waals surface area contributed by atoms with Crippen LogP contribution in [0.2, 0.25) is 0 Å². The normalized spacial score (nSPS) is 11.7. The summed E-state index contributed by atoms with van der Waals surface area (Å²) in [5, 5.41) is 3.42. The van der Waals surface area contributed by atoms with Gasteiger partial charge in [-0.15, -0.1) is 0 Å². The van der Waals surface area contributed by atoms with Gasteiger partial charge in [0.15, 0.2) is 0 Å². The number of nitrogens with one attached hydrogen (secondary N) is 1. The van der Waals surface area contributed by atoms with E-state index in [2.05, 4.69) is 56.4 Å². The lowest BCUT2D eigenvalue weighted by Crippen LogP contribution is -2.29. The van der Waals surface area contributed by atoms with Crippen LogP contribution < -0.4 is 5.32 Å². The first-order chi connectivity index (χ1) is 7.14. The van der Waals surface area contributed by atoms with Crippen molar-refractivity contribution in [3.8, 4) is 0 Å². The lowest BCUT2D eigenvalue weighted by molar-refractivity contribution is 0.318. The number of aryl methyl sites for hydroxylation is 1. The highest BCUT2D eigenvalue weighted by molar-refractivity contribution is 5.14. The summed E-state index contributed by atoms with van der Waals surface area (Å²) in [6, 6.07) is 10.7. The molecule has 0 bridgehead atoms. The molecule has 1 nitrogen and oxygen atoms in total. The maximum Gasteiger partial charge on any atom is 0.000251 e. The molecule has 0 aromatic heterocycles. The first-order valence-corrected chi connectivity index (χ1v) is 5.89. The van der Waals surface area contributed by atoms with Crippen molar-refractivity contribution in [2.75, 3.05) is 13.1 Å². The quantitative estimate of drug-likeness (QED) is 0.751. The van der Waals surface area contributed by atoms with Gasteiger partial charge in [-0.1, -0.05) is 51.1 Å². The molecule has 0 saturated carbocycles. The van der Waals surface area contributed by atoms with E-state index in [1.165, 1.54) is 18.4 Å². The van der Waals surface area contributed by atoms with Gasteiger partial charge < -0.3 is 5.32 Å². The van der Waals surface area contributed by atoms with Gasteiger partial charge in [0.05, 0.1) is 0 Å². The third kappa shape index (κ3) is 4.98. The molecule has 15 heavy (non-hydrogen) atoms. The Hall–Kier alpha value is -0.820. The molecule has 0 heterocycles. The van der Waals surface area contributed by atoms with Crippen molar-refractivity contribution in [2.45, 2.75) is 33.6 Å². The van der Waals surface area contributed by atoms with Crippen molar-refractivity contribution in [1.82, 2.24) is 5.32 Å². The lowest BCUT2D eigenvalue weighted by atomic mass is 9.86. The third-order valence-corrected chi connectivity index (χ3v) is 2.79. The highest BCUT2D eigenvalue weighted by Crippen LogP contribution is 2.21. The van der Waals surface area contributed by atoms with Crippen LogP contribution in [0.3, 0.4) is 0 Å². The zero-order chi connectivity index (χ0) is 11.1. The first kappa shape index (κ1) is 12.3. The molecule has 0 aliphatic heterocycles.